The molecule has 1 heterocycles. The van der Waals surface area contributed by atoms with Gasteiger partial charge in [-0.1, -0.05) is 5.21 Å². The van der Waals surface area contributed by atoms with Gasteiger partial charge in [0.05, 0.1) is 37.7 Å². The fraction of sp³-hybridized carbons (Fsp3) is 0.750. The number of carboxylic acid groups (broad SMARTS) is 1. The van der Waals surface area contributed by atoms with Gasteiger partial charge in [-0.2, -0.15) is 0 Å². The fourth-order valence-electron chi connectivity index (χ4n) is 1.84. The highest BCUT2D eigenvalue weighted by atomic mass is 16.5. The summed E-state index contributed by atoms with van der Waals surface area (Å²) >= 11 is 0. The molecule has 120 valence electrons. The molecule has 0 bridgehead atoms. The van der Waals surface area contributed by atoms with Crippen LogP contribution in [0.25, 0.3) is 0 Å². The van der Waals surface area contributed by atoms with Crippen molar-refractivity contribution in [2.45, 2.75) is 32.1 Å². The van der Waals surface area contributed by atoms with Crippen molar-refractivity contribution in [3.63, 3.8) is 0 Å². The summed E-state index contributed by atoms with van der Waals surface area (Å²) in [5, 5.41) is 26.3. The van der Waals surface area contributed by atoms with Crippen molar-refractivity contribution in [2.75, 3.05) is 26.9 Å². The number of aromatic carboxylic acids is 1. The average molecular weight is 302 g/mol. The quantitative estimate of drug-likeness (QED) is 0.495. The van der Waals surface area contributed by atoms with E-state index in [2.05, 4.69) is 10.3 Å². The lowest BCUT2D eigenvalue weighted by molar-refractivity contribution is -0.0367. The van der Waals surface area contributed by atoms with Crippen LogP contribution in [-0.2, 0) is 22.4 Å². The van der Waals surface area contributed by atoms with Gasteiger partial charge in [-0.05, 0) is 13.5 Å². The van der Waals surface area contributed by atoms with Gasteiger partial charge in [-0.25, -0.2) is 9.48 Å². The Balaban J connectivity index is 2.63. The van der Waals surface area contributed by atoms with Crippen LogP contribution < -0.4 is 5.73 Å². The number of aliphatic hydroxyl groups excluding tert-OH is 1. The molecule has 4 N–H and O–H groups in total. The Morgan fingerprint density at radius 3 is 2.76 bits per heavy atom. The molecule has 0 aromatic carbocycles. The van der Waals surface area contributed by atoms with Gasteiger partial charge >= 0.3 is 5.97 Å². The van der Waals surface area contributed by atoms with E-state index in [4.69, 9.17) is 20.3 Å². The van der Waals surface area contributed by atoms with Crippen LogP contribution in [0, 0.1) is 0 Å². The molecule has 1 aromatic heterocycles. The maximum Gasteiger partial charge on any atom is 0.358 e. The Bertz CT molecular complexity index is 451. The number of aromatic nitrogens is 3. The van der Waals surface area contributed by atoms with Gasteiger partial charge in [0.1, 0.15) is 0 Å². The number of nitrogens with zero attached hydrogens (tertiary/aromatic N) is 3. The summed E-state index contributed by atoms with van der Waals surface area (Å²) in [6.45, 7) is 2.71. The van der Waals surface area contributed by atoms with Gasteiger partial charge in [0.2, 0.25) is 0 Å². The zero-order valence-corrected chi connectivity index (χ0v) is 12.2. The topological polar surface area (TPSA) is 133 Å². The summed E-state index contributed by atoms with van der Waals surface area (Å²) in [6, 6.07) is 0. The second-order valence-corrected chi connectivity index (χ2v) is 4.66. The lowest BCUT2D eigenvalue weighted by atomic mass is 10.2. The van der Waals surface area contributed by atoms with E-state index >= 15 is 0 Å². The van der Waals surface area contributed by atoms with Crippen LogP contribution in [0.4, 0.5) is 0 Å². The number of rotatable bonds is 10. The third-order valence-electron chi connectivity index (χ3n) is 2.78. The highest BCUT2D eigenvalue weighted by Gasteiger charge is 2.20. The van der Waals surface area contributed by atoms with Crippen molar-refractivity contribution in [3.05, 3.63) is 11.4 Å². The van der Waals surface area contributed by atoms with E-state index in [1.54, 1.807) is 7.11 Å². The number of methoxy groups -OCH3 is 1. The Morgan fingerprint density at radius 1 is 1.48 bits per heavy atom. The molecule has 0 amide bonds. The molecular formula is C12H22N4O5. The monoisotopic (exact) mass is 302 g/mol. The molecule has 1 aromatic rings. The van der Waals surface area contributed by atoms with Crippen molar-refractivity contribution in [2.24, 2.45) is 5.73 Å². The minimum Gasteiger partial charge on any atom is -0.476 e. The summed E-state index contributed by atoms with van der Waals surface area (Å²) in [4.78, 5) is 11.0. The zero-order valence-electron chi connectivity index (χ0n) is 12.2. The Kier molecular flexibility index (Phi) is 7.23. The van der Waals surface area contributed by atoms with Gasteiger partial charge in [0, 0.05) is 13.5 Å². The van der Waals surface area contributed by atoms with E-state index in [1.807, 2.05) is 6.92 Å². The van der Waals surface area contributed by atoms with Crippen molar-refractivity contribution in [1.29, 1.82) is 0 Å². The fourth-order valence-corrected chi connectivity index (χ4v) is 1.84. The van der Waals surface area contributed by atoms with Crippen LogP contribution in [-0.4, -0.2) is 70.3 Å². The number of hydrogen-bond donors (Lipinski definition) is 3. The van der Waals surface area contributed by atoms with E-state index in [-0.39, 0.29) is 31.5 Å². The molecule has 1 rings (SSSR count). The van der Waals surface area contributed by atoms with Crippen molar-refractivity contribution in [1.82, 2.24) is 15.0 Å². The Labute approximate surface area is 122 Å². The van der Waals surface area contributed by atoms with Gasteiger partial charge in [0.15, 0.2) is 5.69 Å². The second-order valence-electron chi connectivity index (χ2n) is 4.66. The van der Waals surface area contributed by atoms with Gasteiger partial charge in [-0.3, -0.25) is 0 Å². The van der Waals surface area contributed by atoms with Gasteiger partial charge in [0.25, 0.3) is 0 Å². The summed E-state index contributed by atoms with van der Waals surface area (Å²) < 4.78 is 11.7. The molecule has 0 saturated carbocycles. The molecule has 9 nitrogen and oxygen atoms in total. The third-order valence-corrected chi connectivity index (χ3v) is 2.78. The number of nitrogens with two attached hydrogens (primary N) is 1. The average Bonchev–Trinajstić information content (AvgIpc) is 2.80. The molecule has 0 spiro atoms. The maximum atomic E-state index is 11.0. The highest BCUT2D eigenvalue weighted by molar-refractivity contribution is 5.86. The summed E-state index contributed by atoms with van der Waals surface area (Å²) in [5.41, 5.74) is 5.72. The first-order valence-corrected chi connectivity index (χ1v) is 6.63. The first kappa shape index (κ1) is 17.5. The van der Waals surface area contributed by atoms with E-state index < -0.39 is 12.1 Å². The van der Waals surface area contributed by atoms with E-state index in [0.29, 0.717) is 18.7 Å². The molecular weight excluding hydrogens is 280 g/mol. The van der Waals surface area contributed by atoms with Crippen molar-refractivity contribution < 1.29 is 24.5 Å². The Morgan fingerprint density at radius 2 is 2.19 bits per heavy atom. The lowest BCUT2D eigenvalue weighted by Crippen LogP contribution is -2.28. The predicted molar refractivity (Wildman–Crippen MR) is 73.0 cm³/mol. The predicted octanol–water partition coefficient (Wildman–Crippen LogP) is -1.11. The van der Waals surface area contributed by atoms with E-state index in [1.165, 1.54) is 4.68 Å². The third kappa shape index (κ3) is 5.38. The van der Waals surface area contributed by atoms with Crippen molar-refractivity contribution in [3.8, 4) is 0 Å². The van der Waals surface area contributed by atoms with Gasteiger partial charge in [-0.15, -0.1) is 5.10 Å². The van der Waals surface area contributed by atoms with Crippen LogP contribution in [0.2, 0.25) is 0 Å². The summed E-state index contributed by atoms with van der Waals surface area (Å²) in [5.74, 6) is -1.16. The van der Waals surface area contributed by atoms with E-state index in [9.17, 15) is 9.90 Å². The smallest absolute Gasteiger partial charge is 0.358 e. The molecule has 2 atom stereocenters. The molecule has 0 aliphatic heterocycles. The minimum atomic E-state index is -1.16. The number of hydrogen-bond acceptors (Lipinski definition) is 7. The largest absolute Gasteiger partial charge is 0.476 e. The standard InChI is InChI=1S/C12H22N4O5/c1-8(6-20-2)21-7-9(17)5-16-10(3-4-13)11(12(18)19)14-15-16/h8-9,17H,3-7,13H2,1-2H3,(H,18,19). The molecule has 2 unspecified atom stereocenters. The number of aliphatic hydroxyl groups is 1. The molecule has 0 fully saturated rings. The first-order valence-electron chi connectivity index (χ1n) is 6.63. The molecule has 0 aliphatic rings. The number of carbonyl (C=O) groups is 1. The number of carboxylic acids is 1. The molecule has 21 heavy (non-hydrogen) atoms. The van der Waals surface area contributed by atoms with Crippen LogP contribution in [0.15, 0.2) is 0 Å². The second kappa shape index (κ2) is 8.67. The number of ether oxygens (including phenoxy) is 2. The lowest BCUT2D eigenvalue weighted by Gasteiger charge is -2.16. The van der Waals surface area contributed by atoms with Crippen LogP contribution in [0.1, 0.15) is 23.1 Å². The van der Waals surface area contributed by atoms with Crippen molar-refractivity contribution >= 4 is 5.97 Å². The molecule has 0 aliphatic carbocycles. The summed E-state index contributed by atoms with van der Waals surface area (Å²) in [6.07, 6.45) is -0.648. The van der Waals surface area contributed by atoms with Crippen LogP contribution in [0.3, 0.4) is 0 Å². The summed E-state index contributed by atoms with van der Waals surface area (Å²) in [7, 11) is 1.57. The molecule has 9 heteroatoms. The van der Waals surface area contributed by atoms with Crippen LogP contribution >= 0.6 is 0 Å². The van der Waals surface area contributed by atoms with Crippen LogP contribution in [0.5, 0.6) is 0 Å². The highest BCUT2D eigenvalue weighted by Crippen LogP contribution is 2.08. The maximum absolute atomic E-state index is 11.0. The normalized spacial score (nSPS) is 14.1. The molecule has 0 radical (unpaired) electrons. The van der Waals surface area contributed by atoms with E-state index in [0.717, 1.165) is 0 Å². The Hall–Kier alpha value is -1.55. The molecule has 0 saturated heterocycles. The zero-order chi connectivity index (χ0) is 15.8. The minimum absolute atomic E-state index is 0.0921. The van der Waals surface area contributed by atoms with Gasteiger partial charge < -0.3 is 25.4 Å². The first-order chi connectivity index (χ1) is 9.99. The SMILES string of the molecule is COCC(C)OCC(O)Cn1nnc(C(=O)O)c1CCN.